The highest BCUT2D eigenvalue weighted by atomic mass is 16.6. The molecule has 6 rings (SSSR count). The van der Waals surface area contributed by atoms with Crippen molar-refractivity contribution in [2.45, 2.75) is 89.3 Å². The Kier molecular flexibility index (Phi) is 7.45. The largest absolute Gasteiger partial charge is 0.492 e. The number of aliphatic hydroxyl groups excluding tert-OH is 2. The lowest BCUT2D eigenvalue weighted by Gasteiger charge is -2.47. The van der Waals surface area contributed by atoms with E-state index in [0.29, 0.717) is 11.5 Å². The molecule has 0 radical (unpaired) electrons. The molecule has 0 aromatic carbocycles. The normalized spacial score (nSPS) is 38.8. The molecule has 208 valence electrons. The van der Waals surface area contributed by atoms with Crippen molar-refractivity contribution in [1.82, 2.24) is 4.90 Å². The van der Waals surface area contributed by atoms with E-state index in [9.17, 15) is 15.0 Å². The lowest BCUT2D eigenvalue weighted by molar-refractivity contribution is -0.133. The third-order valence-corrected chi connectivity index (χ3v) is 10.3. The standard InChI is InChI=1S/C31H43NO6/c1-18-26-23-12-6-13-24(27(34)21-11-5-10-20(16-21)19-8-3-4-9-19)32(23)15-7-14-25(26)37-28(18)30-29(36-2)22(17-33)31(35)38-30/h5,11,14,18-21,23-24,26-27,33-34H,3-4,6-10,12-13,15-17H2,1-2H3/t18-,20+,21+,23-,24-,26+,27-/m0/s1. The van der Waals surface area contributed by atoms with Crippen molar-refractivity contribution >= 4 is 5.97 Å². The first kappa shape index (κ1) is 26.1. The number of nitrogens with zero attached hydrogens (tertiary/aromatic N) is 1. The second kappa shape index (κ2) is 10.8. The molecule has 7 nitrogen and oxygen atoms in total. The first-order chi connectivity index (χ1) is 18.5. The average Bonchev–Trinajstić information content (AvgIpc) is 3.63. The quantitative estimate of drug-likeness (QED) is 0.401. The SMILES string of the molecule is COC1=C(CO)C(=O)OC1=C1OC2=CCCN3[C@H]([C@@H](O)[C@@H]4C=CC[C@@H](C5CCCC5)C4)CCC[C@H]3[C@H]2[C@@H]1C. The number of fused-ring (bicyclic) bond motifs is 3. The van der Waals surface area contributed by atoms with Crippen LogP contribution in [-0.4, -0.2) is 59.5 Å². The molecule has 38 heavy (non-hydrogen) atoms. The van der Waals surface area contributed by atoms with Gasteiger partial charge in [-0.25, -0.2) is 4.79 Å². The van der Waals surface area contributed by atoms with Gasteiger partial charge in [-0.2, -0.15) is 0 Å². The number of methoxy groups -OCH3 is 1. The number of ether oxygens (including phenoxy) is 3. The minimum Gasteiger partial charge on any atom is -0.492 e. The highest BCUT2D eigenvalue weighted by Gasteiger charge is 2.50. The Labute approximate surface area is 226 Å². The summed E-state index contributed by atoms with van der Waals surface area (Å²) in [5, 5.41) is 21.5. The van der Waals surface area contributed by atoms with E-state index in [1.54, 1.807) is 0 Å². The molecule has 6 aliphatic rings. The van der Waals surface area contributed by atoms with Crippen LogP contribution in [-0.2, 0) is 19.0 Å². The van der Waals surface area contributed by atoms with Gasteiger partial charge in [-0.05, 0) is 50.0 Å². The molecule has 0 bridgehead atoms. The molecular weight excluding hydrogens is 482 g/mol. The van der Waals surface area contributed by atoms with Gasteiger partial charge in [0.1, 0.15) is 11.3 Å². The molecule has 7 heteroatoms. The molecule has 0 unspecified atom stereocenters. The topological polar surface area (TPSA) is 88.5 Å². The van der Waals surface area contributed by atoms with E-state index >= 15 is 0 Å². The molecule has 0 spiro atoms. The predicted molar refractivity (Wildman–Crippen MR) is 142 cm³/mol. The molecular formula is C31H43NO6. The maximum absolute atomic E-state index is 12.4. The summed E-state index contributed by atoms with van der Waals surface area (Å²) in [5.41, 5.74) is 0.130. The zero-order chi connectivity index (χ0) is 26.4. The zero-order valence-electron chi connectivity index (χ0n) is 22.8. The Balaban J connectivity index is 1.23. The number of hydrogen-bond acceptors (Lipinski definition) is 7. The number of esters is 1. The lowest BCUT2D eigenvalue weighted by atomic mass is 9.73. The van der Waals surface area contributed by atoms with Crippen LogP contribution in [0.25, 0.3) is 0 Å². The third kappa shape index (κ3) is 4.44. The highest BCUT2D eigenvalue weighted by molar-refractivity contribution is 5.94. The molecule has 7 atom stereocenters. The zero-order valence-corrected chi connectivity index (χ0v) is 22.8. The number of cyclic esters (lactones) is 1. The van der Waals surface area contributed by atoms with Gasteiger partial charge < -0.3 is 24.4 Å². The Hall–Kier alpha value is -2.09. The van der Waals surface area contributed by atoms with E-state index in [1.165, 1.54) is 39.2 Å². The molecule has 0 aromatic rings. The molecule has 4 aliphatic heterocycles. The van der Waals surface area contributed by atoms with Crippen molar-refractivity contribution in [3.8, 4) is 0 Å². The number of rotatable bonds is 5. The lowest BCUT2D eigenvalue weighted by Crippen LogP contribution is -2.56. The fraction of sp³-hybridized carbons (Fsp3) is 0.710. The first-order valence-corrected chi connectivity index (χ1v) is 14.8. The Morgan fingerprint density at radius 2 is 1.95 bits per heavy atom. The van der Waals surface area contributed by atoms with Gasteiger partial charge in [-0.1, -0.05) is 51.2 Å². The van der Waals surface area contributed by atoms with Crippen LogP contribution in [0.3, 0.4) is 0 Å². The average molecular weight is 526 g/mol. The maximum atomic E-state index is 12.4. The minimum atomic E-state index is -0.581. The van der Waals surface area contributed by atoms with Crippen molar-refractivity contribution in [3.63, 3.8) is 0 Å². The molecule has 2 N–H and O–H groups in total. The number of carbonyl (C=O) groups excluding carboxylic acids is 1. The van der Waals surface area contributed by atoms with Gasteiger partial charge in [0, 0.05) is 36.4 Å². The van der Waals surface area contributed by atoms with Crippen molar-refractivity contribution in [2.75, 3.05) is 20.3 Å². The van der Waals surface area contributed by atoms with Crippen LogP contribution in [0.5, 0.6) is 0 Å². The number of hydrogen-bond donors (Lipinski definition) is 2. The summed E-state index contributed by atoms with van der Waals surface area (Å²) in [4.78, 5) is 14.9. The van der Waals surface area contributed by atoms with Gasteiger partial charge in [-0.15, -0.1) is 0 Å². The molecule has 2 aliphatic carbocycles. The second-order valence-corrected chi connectivity index (χ2v) is 12.2. The van der Waals surface area contributed by atoms with Crippen LogP contribution in [0.2, 0.25) is 0 Å². The Bertz CT molecular complexity index is 1050. The summed E-state index contributed by atoms with van der Waals surface area (Å²) in [5.74, 6) is 3.42. The minimum absolute atomic E-state index is 0.0185. The number of carbonyl (C=O) groups is 1. The van der Waals surface area contributed by atoms with Gasteiger partial charge >= 0.3 is 5.97 Å². The van der Waals surface area contributed by atoms with Crippen LogP contribution < -0.4 is 0 Å². The fourth-order valence-electron chi connectivity index (χ4n) is 8.45. The van der Waals surface area contributed by atoms with Crippen LogP contribution in [0.1, 0.15) is 71.1 Å². The number of aliphatic hydroxyl groups is 2. The van der Waals surface area contributed by atoms with Crippen LogP contribution in [0.4, 0.5) is 0 Å². The molecule has 0 amide bonds. The van der Waals surface area contributed by atoms with E-state index in [4.69, 9.17) is 14.2 Å². The second-order valence-electron chi connectivity index (χ2n) is 12.2. The molecule has 0 aromatic heterocycles. The van der Waals surface area contributed by atoms with Crippen molar-refractivity contribution in [3.05, 3.63) is 46.8 Å². The highest BCUT2D eigenvalue weighted by Crippen LogP contribution is 2.50. The van der Waals surface area contributed by atoms with E-state index in [-0.39, 0.29) is 47.3 Å². The molecule has 2 saturated heterocycles. The Morgan fingerprint density at radius 1 is 1.13 bits per heavy atom. The summed E-state index contributed by atoms with van der Waals surface area (Å²) in [6, 6.07) is 0.398. The van der Waals surface area contributed by atoms with Crippen LogP contribution in [0, 0.1) is 29.6 Å². The maximum Gasteiger partial charge on any atom is 0.345 e. The fourth-order valence-corrected chi connectivity index (χ4v) is 8.45. The molecule has 3 fully saturated rings. The summed E-state index contributed by atoms with van der Waals surface area (Å²) >= 11 is 0. The summed E-state index contributed by atoms with van der Waals surface area (Å²) in [6.45, 7) is 2.61. The van der Waals surface area contributed by atoms with E-state index in [2.05, 4.69) is 30.1 Å². The van der Waals surface area contributed by atoms with Gasteiger partial charge in [0.25, 0.3) is 0 Å². The van der Waals surface area contributed by atoms with Crippen LogP contribution >= 0.6 is 0 Å². The first-order valence-electron chi connectivity index (χ1n) is 14.8. The summed E-state index contributed by atoms with van der Waals surface area (Å²) < 4.78 is 17.4. The third-order valence-electron chi connectivity index (χ3n) is 10.3. The summed E-state index contributed by atoms with van der Waals surface area (Å²) in [7, 11) is 1.48. The van der Waals surface area contributed by atoms with Gasteiger partial charge in [0.15, 0.2) is 11.5 Å². The van der Waals surface area contributed by atoms with Gasteiger partial charge in [-0.3, -0.25) is 4.90 Å². The molecule has 4 heterocycles. The number of piperidine rings is 1. The smallest absolute Gasteiger partial charge is 0.345 e. The van der Waals surface area contributed by atoms with E-state index in [1.807, 2.05) is 0 Å². The Morgan fingerprint density at radius 3 is 2.71 bits per heavy atom. The monoisotopic (exact) mass is 525 g/mol. The van der Waals surface area contributed by atoms with Gasteiger partial charge in [0.05, 0.1) is 19.8 Å². The number of allylic oxidation sites excluding steroid dienone is 2. The van der Waals surface area contributed by atoms with Crippen molar-refractivity contribution in [1.29, 1.82) is 0 Å². The van der Waals surface area contributed by atoms with Gasteiger partial charge in [0.2, 0.25) is 5.76 Å². The van der Waals surface area contributed by atoms with E-state index < -0.39 is 12.6 Å². The van der Waals surface area contributed by atoms with Crippen LogP contribution in [0.15, 0.2) is 46.8 Å². The molecule has 1 saturated carbocycles. The summed E-state index contributed by atoms with van der Waals surface area (Å²) in [6.07, 6.45) is 18.3. The van der Waals surface area contributed by atoms with E-state index in [0.717, 1.165) is 56.2 Å². The predicted octanol–water partition coefficient (Wildman–Crippen LogP) is 4.57. The van der Waals surface area contributed by atoms with Crippen molar-refractivity contribution < 1.29 is 29.2 Å². The van der Waals surface area contributed by atoms with Crippen molar-refractivity contribution in [2.24, 2.45) is 29.6 Å².